The van der Waals surface area contributed by atoms with Gasteiger partial charge in [0.15, 0.2) is 0 Å². The van der Waals surface area contributed by atoms with E-state index >= 15 is 0 Å². The molecule has 1 heterocycles. The van der Waals surface area contributed by atoms with E-state index in [4.69, 9.17) is 4.74 Å². The zero-order valence-electron chi connectivity index (χ0n) is 14.6. The third-order valence-corrected chi connectivity index (χ3v) is 4.59. The van der Waals surface area contributed by atoms with Crippen molar-refractivity contribution < 1.29 is 9.53 Å². The number of nitrogens with one attached hydrogen (secondary N) is 1. The molecule has 1 saturated heterocycles. The molecule has 4 heteroatoms. The Labute approximate surface area is 143 Å². The van der Waals surface area contributed by atoms with Crippen LogP contribution in [0.5, 0.6) is 0 Å². The molecule has 1 fully saturated rings. The molecule has 1 aliphatic rings. The van der Waals surface area contributed by atoms with Gasteiger partial charge in [0.25, 0.3) is 5.91 Å². The highest BCUT2D eigenvalue weighted by atomic mass is 16.5. The van der Waals surface area contributed by atoms with Crippen molar-refractivity contribution in [3.63, 3.8) is 0 Å². The number of rotatable bonds is 3. The summed E-state index contributed by atoms with van der Waals surface area (Å²) in [7, 11) is 0. The molecular formula is C20H24N2O2. The molecule has 2 aromatic carbocycles. The monoisotopic (exact) mass is 324 g/mol. The SMILES string of the molecule is Cc1cc(C)c(C(=O)Nc2ccc(N3CCOCC3)cc2)cc1C. The number of hydrogen-bond acceptors (Lipinski definition) is 3. The van der Waals surface area contributed by atoms with E-state index in [0.717, 1.165) is 48.7 Å². The topological polar surface area (TPSA) is 41.6 Å². The Bertz CT molecular complexity index is 732. The Morgan fingerprint density at radius 3 is 2.25 bits per heavy atom. The van der Waals surface area contributed by atoms with Crippen LogP contribution >= 0.6 is 0 Å². The Hall–Kier alpha value is -2.33. The first kappa shape index (κ1) is 16.5. The lowest BCUT2D eigenvalue weighted by atomic mass is 10.0. The summed E-state index contributed by atoms with van der Waals surface area (Å²) < 4.78 is 5.38. The van der Waals surface area contributed by atoms with E-state index in [1.165, 1.54) is 11.3 Å². The summed E-state index contributed by atoms with van der Waals surface area (Å²) in [6, 6.07) is 12.0. The third kappa shape index (κ3) is 3.60. The molecule has 24 heavy (non-hydrogen) atoms. The highest BCUT2D eigenvalue weighted by Crippen LogP contribution is 2.21. The van der Waals surface area contributed by atoms with Crippen LogP contribution in [0.3, 0.4) is 0 Å². The van der Waals surface area contributed by atoms with Crippen LogP contribution in [0.15, 0.2) is 36.4 Å². The first-order valence-corrected chi connectivity index (χ1v) is 8.36. The number of benzene rings is 2. The number of ether oxygens (including phenoxy) is 1. The molecule has 0 radical (unpaired) electrons. The molecule has 126 valence electrons. The van der Waals surface area contributed by atoms with Gasteiger partial charge in [-0.1, -0.05) is 6.07 Å². The van der Waals surface area contributed by atoms with Gasteiger partial charge >= 0.3 is 0 Å². The molecule has 0 unspecified atom stereocenters. The maximum absolute atomic E-state index is 12.5. The number of aryl methyl sites for hydroxylation is 3. The summed E-state index contributed by atoms with van der Waals surface area (Å²) in [5.41, 5.74) is 6.05. The van der Waals surface area contributed by atoms with Gasteiger partial charge in [0, 0.05) is 30.0 Å². The summed E-state index contributed by atoms with van der Waals surface area (Å²) in [6.45, 7) is 9.43. The maximum Gasteiger partial charge on any atom is 0.255 e. The zero-order chi connectivity index (χ0) is 17.1. The second-order valence-electron chi connectivity index (χ2n) is 6.35. The van der Waals surface area contributed by atoms with Gasteiger partial charge in [0.2, 0.25) is 0 Å². The average Bonchev–Trinajstić information content (AvgIpc) is 2.59. The van der Waals surface area contributed by atoms with E-state index in [2.05, 4.69) is 23.2 Å². The van der Waals surface area contributed by atoms with Gasteiger partial charge in [-0.25, -0.2) is 0 Å². The normalized spacial score (nSPS) is 14.5. The lowest BCUT2D eigenvalue weighted by molar-refractivity contribution is 0.102. The zero-order valence-corrected chi connectivity index (χ0v) is 14.6. The summed E-state index contributed by atoms with van der Waals surface area (Å²) >= 11 is 0. The molecule has 0 saturated carbocycles. The van der Waals surface area contributed by atoms with Crippen LogP contribution in [0.2, 0.25) is 0 Å². The molecule has 1 N–H and O–H groups in total. The van der Waals surface area contributed by atoms with Crippen molar-refractivity contribution in [2.45, 2.75) is 20.8 Å². The van der Waals surface area contributed by atoms with Gasteiger partial charge in [0.1, 0.15) is 0 Å². The lowest BCUT2D eigenvalue weighted by Gasteiger charge is -2.28. The van der Waals surface area contributed by atoms with Crippen molar-refractivity contribution in [3.8, 4) is 0 Å². The summed E-state index contributed by atoms with van der Waals surface area (Å²) in [5, 5.41) is 2.99. The van der Waals surface area contributed by atoms with E-state index in [9.17, 15) is 4.79 Å². The van der Waals surface area contributed by atoms with E-state index in [1.807, 2.05) is 44.2 Å². The molecule has 0 spiro atoms. The maximum atomic E-state index is 12.5. The average molecular weight is 324 g/mol. The highest BCUT2D eigenvalue weighted by Gasteiger charge is 2.13. The Kier molecular flexibility index (Phi) is 4.86. The number of carbonyl (C=O) groups is 1. The third-order valence-electron chi connectivity index (χ3n) is 4.59. The van der Waals surface area contributed by atoms with Crippen molar-refractivity contribution in [1.82, 2.24) is 0 Å². The van der Waals surface area contributed by atoms with Crippen molar-refractivity contribution in [2.75, 3.05) is 36.5 Å². The Morgan fingerprint density at radius 1 is 0.958 bits per heavy atom. The fraction of sp³-hybridized carbons (Fsp3) is 0.350. The number of hydrogen-bond donors (Lipinski definition) is 1. The number of carbonyl (C=O) groups excluding carboxylic acids is 1. The number of morpholine rings is 1. The minimum atomic E-state index is -0.0604. The van der Waals surface area contributed by atoms with Crippen LogP contribution in [0.1, 0.15) is 27.0 Å². The fourth-order valence-corrected chi connectivity index (χ4v) is 2.98. The molecule has 2 aromatic rings. The van der Waals surface area contributed by atoms with Gasteiger partial charge in [-0.15, -0.1) is 0 Å². The van der Waals surface area contributed by atoms with Gasteiger partial charge in [0.05, 0.1) is 13.2 Å². The van der Waals surface area contributed by atoms with Crippen LogP contribution in [0.25, 0.3) is 0 Å². The molecule has 3 rings (SSSR count). The molecule has 0 atom stereocenters. The number of anilines is 2. The molecular weight excluding hydrogens is 300 g/mol. The standard InChI is InChI=1S/C20H24N2O2/c1-14-12-16(3)19(13-15(14)2)20(23)21-17-4-6-18(7-5-17)22-8-10-24-11-9-22/h4-7,12-13H,8-11H2,1-3H3,(H,21,23). The minimum Gasteiger partial charge on any atom is -0.378 e. The van der Waals surface area contributed by atoms with Gasteiger partial charge in [-0.05, 0) is 67.8 Å². The van der Waals surface area contributed by atoms with Gasteiger partial charge < -0.3 is 15.0 Å². The predicted molar refractivity (Wildman–Crippen MR) is 98.1 cm³/mol. The number of amides is 1. The molecule has 4 nitrogen and oxygen atoms in total. The van der Waals surface area contributed by atoms with Crippen LogP contribution < -0.4 is 10.2 Å². The first-order chi connectivity index (χ1) is 11.5. The number of nitrogens with zero attached hydrogens (tertiary/aromatic N) is 1. The summed E-state index contributed by atoms with van der Waals surface area (Å²) in [4.78, 5) is 14.8. The van der Waals surface area contributed by atoms with Crippen LogP contribution in [0.4, 0.5) is 11.4 Å². The largest absolute Gasteiger partial charge is 0.378 e. The fourth-order valence-electron chi connectivity index (χ4n) is 2.98. The van der Waals surface area contributed by atoms with Gasteiger partial charge in [-0.2, -0.15) is 0 Å². The predicted octanol–water partition coefficient (Wildman–Crippen LogP) is 3.70. The molecule has 0 aromatic heterocycles. The smallest absolute Gasteiger partial charge is 0.255 e. The molecule has 0 aliphatic carbocycles. The second-order valence-corrected chi connectivity index (χ2v) is 6.35. The van der Waals surface area contributed by atoms with Crippen LogP contribution in [-0.2, 0) is 4.74 Å². The van der Waals surface area contributed by atoms with Crippen LogP contribution in [0, 0.1) is 20.8 Å². The van der Waals surface area contributed by atoms with Crippen LogP contribution in [-0.4, -0.2) is 32.2 Å². The second kappa shape index (κ2) is 7.05. The van der Waals surface area contributed by atoms with Gasteiger partial charge in [-0.3, -0.25) is 4.79 Å². The summed E-state index contributed by atoms with van der Waals surface area (Å²) in [6.07, 6.45) is 0. The molecule has 1 aliphatic heterocycles. The quantitative estimate of drug-likeness (QED) is 0.936. The van der Waals surface area contributed by atoms with Crippen molar-refractivity contribution in [2.24, 2.45) is 0 Å². The van der Waals surface area contributed by atoms with E-state index in [-0.39, 0.29) is 5.91 Å². The molecule has 1 amide bonds. The van der Waals surface area contributed by atoms with E-state index < -0.39 is 0 Å². The molecule has 0 bridgehead atoms. The minimum absolute atomic E-state index is 0.0604. The van der Waals surface area contributed by atoms with E-state index in [0.29, 0.717) is 0 Å². The Balaban J connectivity index is 1.71. The first-order valence-electron chi connectivity index (χ1n) is 8.36. The lowest BCUT2D eigenvalue weighted by Crippen LogP contribution is -2.36. The van der Waals surface area contributed by atoms with E-state index in [1.54, 1.807) is 0 Å². The van der Waals surface area contributed by atoms with Crippen molar-refractivity contribution >= 4 is 17.3 Å². The Morgan fingerprint density at radius 2 is 1.58 bits per heavy atom. The van der Waals surface area contributed by atoms with Crippen molar-refractivity contribution in [1.29, 1.82) is 0 Å². The summed E-state index contributed by atoms with van der Waals surface area (Å²) in [5.74, 6) is -0.0604. The van der Waals surface area contributed by atoms with Crippen molar-refractivity contribution in [3.05, 3.63) is 58.7 Å². The highest BCUT2D eigenvalue weighted by molar-refractivity contribution is 6.05.